The summed E-state index contributed by atoms with van der Waals surface area (Å²) < 4.78 is 37.9. The zero-order chi connectivity index (χ0) is 17.4. The Morgan fingerprint density at radius 3 is 2.46 bits per heavy atom. The van der Waals surface area contributed by atoms with Crippen LogP contribution < -0.4 is 5.73 Å². The Balaban J connectivity index is 1.67. The highest BCUT2D eigenvalue weighted by molar-refractivity contribution is 5.81. The van der Waals surface area contributed by atoms with Crippen LogP contribution in [0.25, 0.3) is 0 Å². The molecule has 0 spiro atoms. The van der Waals surface area contributed by atoms with E-state index < -0.39 is 17.2 Å². The Hall–Kier alpha value is -1.56. The Bertz CT molecular complexity index is 595. The molecule has 6 heteroatoms. The lowest BCUT2D eigenvalue weighted by Crippen LogP contribution is -2.50. The Morgan fingerprint density at radius 1 is 1.25 bits per heavy atom. The molecule has 1 heterocycles. The summed E-state index contributed by atoms with van der Waals surface area (Å²) in [6, 6.07) is 5.27. The lowest BCUT2D eigenvalue weighted by atomic mass is 9.75. The molecule has 1 saturated carbocycles. The summed E-state index contributed by atoms with van der Waals surface area (Å²) in [7, 11) is 0. The van der Waals surface area contributed by atoms with E-state index in [1.165, 1.54) is 25.0 Å². The third-order valence-electron chi connectivity index (χ3n) is 5.24. The number of alkyl halides is 3. The number of primary amides is 1. The first kappa shape index (κ1) is 17.3. The Morgan fingerprint density at radius 2 is 1.92 bits per heavy atom. The van der Waals surface area contributed by atoms with Crippen LogP contribution in [0.2, 0.25) is 0 Å². The fraction of sp³-hybridized carbons (Fsp3) is 0.611. The maximum absolute atomic E-state index is 12.6. The molecule has 1 unspecified atom stereocenters. The first-order chi connectivity index (χ1) is 11.3. The number of nitrogens with zero attached hydrogens (tertiary/aromatic N) is 1. The summed E-state index contributed by atoms with van der Waals surface area (Å²) in [6.45, 7) is 2.01. The van der Waals surface area contributed by atoms with Crippen LogP contribution in [0.1, 0.15) is 43.2 Å². The SMILES string of the molecule is NC(=O)C1(CC2CC2)CCCN(Cc2ccc(C(F)(F)F)cc2)C1. The number of nitrogens with two attached hydrogens (primary N) is 1. The second-order valence-corrected chi connectivity index (χ2v) is 7.30. The number of carbonyl (C=O) groups excluding carboxylic acids is 1. The fourth-order valence-corrected chi connectivity index (χ4v) is 3.76. The van der Waals surface area contributed by atoms with Gasteiger partial charge in [0.15, 0.2) is 0 Å². The van der Waals surface area contributed by atoms with Gasteiger partial charge in [0.05, 0.1) is 11.0 Å². The van der Waals surface area contributed by atoms with Gasteiger partial charge in [-0.3, -0.25) is 9.69 Å². The largest absolute Gasteiger partial charge is 0.416 e. The molecule has 2 N–H and O–H groups in total. The van der Waals surface area contributed by atoms with Crippen molar-refractivity contribution in [3.63, 3.8) is 0 Å². The van der Waals surface area contributed by atoms with Crippen molar-refractivity contribution in [2.24, 2.45) is 17.1 Å². The predicted octanol–water partition coefficient (Wildman–Crippen LogP) is 3.57. The molecule has 0 bridgehead atoms. The molecule has 1 aromatic rings. The van der Waals surface area contributed by atoms with Gasteiger partial charge >= 0.3 is 6.18 Å². The highest BCUT2D eigenvalue weighted by Crippen LogP contribution is 2.44. The molecule has 132 valence electrons. The molecule has 1 aliphatic carbocycles. The number of carbonyl (C=O) groups is 1. The van der Waals surface area contributed by atoms with E-state index in [2.05, 4.69) is 4.90 Å². The van der Waals surface area contributed by atoms with E-state index in [0.29, 0.717) is 19.0 Å². The molecule has 0 radical (unpaired) electrons. The average molecular weight is 340 g/mol. The minimum atomic E-state index is -4.31. The molecule has 1 aliphatic heterocycles. The molecular formula is C18H23F3N2O. The van der Waals surface area contributed by atoms with Gasteiger partial charge in [0.2, 0.25) is 5.91 Å². The van der Waals surface area contributed by atoms with Gasteiger partial charge in [-0.2, -0.15) is 13.2 Å². The van der Waals surface area contributed by atoms with Gasteiger partial charge in [0.1, 0.15) is 0 Å². The first-order valence-corrected chi connectivity index (χ1v) is 8.47. The van der Waals surface area contributed by atoms with Crippen LogP contribution in [0.3, 0.4) is 0 Å². The smallest absolute Gasteiger partial charge is 0.369 e. The van der Waals surface area contributed by atoms with Crippen LogP contribution in [0.15, 0.2) is 24.3 Å². The number of hydrogen-bond acceptors (Lipinski definition) is 2. The van der Waals surface area contributed by atoms with E-state index in [1.807, 2.05) is 0 Å². The zero-order valence-electron chi connectivity index (χ0n) is 13.6. The maximum Gasteiger partial charge on any atom is 0.416 e. The van der Waals surface area contributed by atoms with Crippen LogP contribution in [0.5, 0.6) is 0 Å². The lowest BCUT2D eigenvalue weighted by molar-refractivity contribution is -0.137. The monoisotopic (exact) mass is 340 g/mol. The van der Waals surface area contributed by atoms with Crippen LogP contribution >= 0.6 is 0 Å². The number of rotatable bonds is 5. The van der Waals surface area contributed by atoms with Gasteiger partial charge in [-0.05, 0) is 49.4 Å². The normalized spacial score (nSPS) is 25.6. The van der Waals surface area contributed by atoms with E-state index in [-0.39, 0.29) is 5.91 Å². The quantitative estimate of drug-likeness (QED) is 0.891. The number of benzene rings is 1. The van der Waals surface area contributed by atoms with Gasteiger partial charge in [0.25, 0.3) is 0 Å². The minimum Gasteiger partial charge on any atom is -0.369 e. The van der Waals surface area contributed by atoms with Crippen molar-refractivity contribution < 1.29 is 18.0 Å². The highest BCUT2D eigenvalue weighted by atomic mass is 19.4. The summed E-state index contributed by atoms with van der Waals surface area (Å²) in [5.74, 6) is 0.384. The standard InChI is InChI=1S/C18H23F3N2O/c19-18(20,21)15-6-4-14(5-7-15)11-23-9-1-8-17(12-23,16(22)24)10-13-2-3-13/h4-7,13H,1-3,8-12H2,(H2,22,24). The number of piperidine rings is 1. The van der Waals surface area contributed by atoms with Gasteiger partial charge in [-0.25, -0.2) is 0 Å². The summed E-state index contributed by atoms with van der Waals surface area (Å²) in [4.78, 5) is 14.2. The van der Waals surface area contributed by atoms with Crippen molar-refractivity contribution in [2.75, 3.05) is 13.1 Å². The molecule has 2 fully saturated rings. The molecule has 1 saturated heterocycles. The maximum atomic E-state index is 12.6. The van der Waals surface area contributed by atoms with Crippen molar-refractivity contribution >= 4 is 5.91 Å². The third kappa shape index (κ3) is 3.91. The van der Waals surface area contributed by atoms with Crippen LogP contribution in [0, 0.1) is 11.3 Å². The van der Waals surface area contributed by atoms with E-state index >= 15 is 0 Å². The highest BCUT2D eigenvalue weighted by Gasteiger charge is 2.44. The molecule has 3 rings (SSSR count). The topological polar surface area (TPSA) is 46.3 Å². The van der Waals surface area contributed by atoms with Crippen molar-refractivity contribution in [1.82, 2.24) is 4.90 Å². The summed E-state index contributed by atoms with van der Waals surface area (Å²) in [5, 5.41) is 0. The van der Waals surface area contributed by atoms with Crippen LogP contribution in [-0.2, 0) is 17.5 Å². The Labute approximate surface area is 140 Å². The number of likely N-dealkylation sites (tertiary alicyclic amines) is 1. The second-order valence-electron chi connectivity index (χ2n) is 7.30. The molecule has 1 amide bonds. The molecule has 3 nitrogen and oxygen atoms in total. The van der Waals surface area contributed by atoms with Gasteiger partial charge < -0.3 is 5.73 Å². The molecule has 1 atom stereocenters. The number of hydrogen-bond donors (Lipinski definition) is 1. The second kappa shape index (κ2) is 6.39. The van der Waals surface area contributed by atoms with Crippen molar-refractivity contribution in [3.05, 3.63) is 35.4 Å². The van der Waals surface area contributed by atoms with Crippen molar-refractivity contribution in [3.8, 4) is 0 Å². The van der Waals surface area contributed by atoms with Gasteiger partial charge in [0, 0.05) is 13.1 Å². The predicted molar refractivity (Wildman–Crippen MR) is 84.9 cm³/mol. The van der Waals surface area contributed by atoms with E-state index in [0.717, 1.165) is 43.5 Å². The number of halogens is 3. The van der Waals surface area contributed by atoms with Crippen molar-refractivity contribution in [1.29, 1.82) is 0 Å². The zero-order valence-corrected chi connectivity index (χ0v) is 13.6. The molecular weight excluding hydrogens is 317 g/mol. The van der Waals surface area contributed by atoms with E-state index in [1.54, 1.807) is 0 Å². The lowest BCUT2D eigenvalue weighted by Gasteiger charge is -2.41. The van der Waals surface area contributed by atoms with E-state index in [9.17, 15) is 18.0 Å². The third-order valence-corrected chi connectivity index (χ3v) is 5.24. The molecule has 1 aromatic carbocycles. The summed E-state index contributed by atoms with van der Waals surface area (Å²) in [6.07, 6.45) is 0.612. The summed E-state index contributed by atoms with van der Waals surface area (Å²) >= 11 is 0. The summed E-state index contributed by atoms with van der Waals surface area (Å²) in [5.41, 5.74) is 5.44. The fourth-order valence-electron chi connectivity index (χ4n) is 3.76. The minimum absolute atomic E-state index is 0.230. The van der Waals surface area contributed by atoms with Crippen LogP contribution in [0.4, 0.5) is 13.2 Å². The molecule has 24 heavy (non-hydrogen) atoms. The van der Waals surface area contributed by atoms with Gasteiger partial charge in [-0.1, -0.05) is 25.0 Å². The van der Waals surface area contributed by atoms with Crippen LogP contribution in [-0.4, -0.2) is 23.9 Å². The first-order valence-electron chi connectivity index (χ1n) is 8.47. The average Bonchev–Trinajstić information content (AvgIpc) is 3.31. The van der Waals surface area contributed by atoms with Gasteiger partial charge in [-0.15, -0.1) is 0 Å². The molecule has 2 aliphatic rings. The molecule has 0 aromatic heterocycles. The van der Waals surface area contributed by atoms with Crippen molar-refractivity contribution in [2.45, 2.75) is 44.8 Å². The Kier molecular flexibility index (Phi) is 4.60. The van der Waals surface area contributed by atoms with E-state index in [4.69, 9.17) is 5.73 Å². The number of amides is 1.